The van der Waals surface area contributed by atoms with Crippen molar-refractivity contribution in [3.05, 3.63) is 30.1 Å². The summed E-state index contributed by atoms with van der Waals surface area (Å²) in [5.74, 6) is -0.568. The predicted molar refractivity (Wildman–Crippen MR) is 76.3 cm³/mol. The first-order chi connectivity index (χ1) is 10.1. The number of ether oxygens (including phenoxy) is 1. The summed E-state index contributed by atoms with van der Waals surface area (Å²) in [5, 5.41) is 2.77. The third kappa shape index (κ3) is 4.18. The molecule has 0 aliphatic carbocycles. The van der Waals surface area contributed by atoms with Gasteiger partial charge in [0.2, 0.25) is 5.91 Å². The number of likely N-dealkylation sites (tertiary alicyclic amines) is 1. The smallest absolute Gasteiger partial charge is 0.409 e. The van der Waals surface area contributed by atoms with Crippen molar-refractivity contribution in [2.45, 2.75) is 19.8 Å². The summed E-state index contributed by atoms with van der Waals surface area (Å²) in [6, 6.07) is 5.67. The molecule has 1 aliphatic rings. The summed E-state index contributed by atoms with van der Waals surface area (Å²) in [4.78, 5) is 25.3. The molecule has 0 unspecified atom stereocenters. The van der Waals surface area contributed by atoms with E-state index in [1.807, 2.05) is 0 Å². The first-order valence-corrected chi connectivity index (χ1v) is 7.08. The lowest BCUT2D eigenvalue weighted by molar-refractivity contribution is -0.121. The highest BCUT2D eigenvalue weighted by atomic mass is 19.1. The fourth-order valence-electron chi connectivity index (χ4n) is 2.32. The van der Waals surface area contributed by atoms with Crippen LogP contribution in [0.1, 0.15) is 19.8 Å². The molecule has 1 N–H and O–H groups in total. The molecule has 1 saturated heterocycles. The monoisotopic (exact) mass is 294 g/mol. The number of nitrogens with one attached hydrogen (secondary N) is 1. The van der Waals surface area contributed by atoms with Gasteiger partial charge in [-0.1, -0.05) is 0 Å². The molecular formula is C15H19FN2O3. The Morgan fingerprint density at radius 2 is 1.90 bits per heavy atom. The van der Waals surface area contributed by atoms with Gasteiger partial charge in [0, 0.05) is 24.7 Å². The molecule has 0 bridgehead atoms. The summed E-state index contributed by atoms with van der Waals surface area (Å²) in [5.41, 5.74) is 0.578. The standard InChI is InChI=1S/C15H19FN2O3/c1-2-21-15(20)18-9-7-11(8-10-18)14(19)17-13-5-3-12(16)4-6-13/h3-6,11H,2,7-10H2,1H3,(H,17,19). The van der Waals surface area contributed by atoms with Crippen molar-refractivity contribution in [1.82, 2.24) is 4.90 Å². The van der Waals surface area contributed by atoms with Crippen molar-refractivity contribution in [2.75, 3.05) is 25.0 Å². The first-order valence-electron chi connectivity index (χ1n) is 7.08. The maximum atomic E-state index is 12.8. The Morgan fingerprint density at radius 3 is 2.48 bits per heavy atom. The van der Waals surface area contributed by atoms with Gasteiger partial charge in [-0.2, -0.15) is 0 Å². The molecular weight excluding hydrogens is 275 g/mol. The van der Waals surface area contributed by atoms with Gasteiger partial charge in [0.1, 0.15) is 5.82 Å². The largest absolute Gasteiger partial charge is 0.450 e. The van der Waals surface area contributed by atoms with Gasteiger partial charge in [0.05, 0.1) is 6.61 Å². The lowest BCUT2D eigenvalue weighted by Crippen LogP contribution is -2.41. The SMILES string of the molecule is CCOC(=O)N1CCC(C(=O)Nc2ccc(F)cc2)CC1. The van der Waals surface area contributed by atoms with Crippen LogP contribution in [0.15, 0.2) is 24.3 Å². The van der Waals surface area contributed by atoms with E-state index in [0.29, 0.717) is 38.2 Å². The van der Waals surface area contributed by atoms with Gasteiger partial charge in [0.15, 0.2) is 0 Å². The van der Waals surface area contributed by atoms with Gasteiger partial charge in [-0.15, -0.1) is 0 Å². The zero-order valence-electron chi connectivity index (χ0n) is 12.0. The van der Waals surface area contributed by atoms with Crippen LogP contribution in [-0.2, 0) is 9.53 Å². The molecule has 1 aromatic carbocycles. The van der Waals surface area contributed by atoms with Crippen molar-refractivity contribution >= 4 is 17.7 Å². The van der Waals surface area contributed by atoms with Crippen LogP contribution < -0.4 is 5.32 Å². The minimum atomic E-state index is -0.337. The van der Waals surface area contributed by atoms with Crippen LogP contribution in [0.3, 0.4) is 0 Å². The Balaban J connectivity index is 1.83. The normalized spacial score (nSPS) is 15.6. The molecule has 2 amide bonds. The second-order valence-electron chi connectivity index (χ2n) is 4.96. The van der Waals surface area contributed by atoms with Crippen molar-refractivity contribution in [2.24, 2.45) is 5.92 Å². The zero-order valence-corrected chi connectivity index (χ0v) is 12.0. The van der Waals surface area contributed by atoms with Gasteiger partial charge < -0.3 is 15.0 Å². The van der Waals surface area contributed by atoms with Crippen LogP contribution in [0, 0.1) is 11.7 Å². The Kier molecular flexibility index (Phi) is 5.14. The van der Waals surface area contributed by atoms with Crippen LogP contribution >= 0.6 is 0 Å². The molecule has 21 heavy (non-hydrogen) atoms. The molecule has 1 aliphatic heterocycles. The Labute approximate surface area is 123 Å². The number of carbonyl (C=O) groups excluding carboxylic acids is 2. The number of hydrogen-bond donors (Lipinski definition) is 1. The highest BCUT2D eigenvalue weighted by Crippen LogP contribution is 2.20. The number of anilines is 1. The van der Waals surface area contributed by atoms with Crippen LogP contribution in [0.5, 0.6) is 0 Å². The molecule has 114 valence electrons. The number of nitrogens with zero attached hydrogens (tertiary/aromatic N) is 1. The summed E-state index contributed by atoms with van der Waals surface area (Å²) in [6.45, 7) is 3.14. The van der Waals surface area contributed by atoms with E-state index in [0.717, 1.165) is 0 Å². The van der Waals surface area contributed by atoms with E-state index in [-0.39, 0.29) is 23.7 Å². The molecule has 1 heterocycles. The molecule has 1 aromatic rings. The van der Waals surface area contributed by atoms with E-state index >= 15 is 0 Å². The molecule has 5 nitrogen and oxygen atoms in total. The molecule has 0 radical (unpaired) electrons. The van der Waals surface area contributed by atoms with E-state index in [2.05, 4.69) is 5.32 Å². The van der Waals surface area contributed by atoms with Gasteiger partial charge in [-0.05, 0) is 44.0 Å². The molecule has 2 rings (SSSR count). The zero-order chi connectivity index (χ0) is 15.2. The number of hydrogen-bond acceptors (Lipinski definition) is 3. The number of piperidine rings is 1. The maximum Gasteiger partial charge on any atom is 0.409 e. The van der Waals surface area contributed by atoms with Gasteiger partial charge in [-0.3, -0.25) is 4.79 Å². The summed E-state index contributed by atoms with van der Waals surface area (Å²) in [7, 11) is 0. The number of benzene rings is 1. The van der Waals surface area contributed by atoms with Gasteiger partial charge >= 0.3 is 6.09 Å². The van der Waals surface area contributed by atoms with E-state index in [1.165, 1.54) is 24.3 Å². The van der Waals surface area contributed by atoms with Gasteiger partial charge in [-0.25, -0.2) is 9.18 Å². The van der Waals surface area contributed by atoms with E-state index < -0.39 is 0 Å². The average Bonchev–Trinajstić information content (AvgIpc) is 2.50. The van der Waals surface area contributed by atoms with E-state index in [1.54, 1.807) is 11.8 Å². The van der Waals surface area contributed by atoms with Gasteiger partial charge in [0.25, 0.3) is 0 Å². The van der Waals surface area contributed by atoms with Crippen molar-refractivity contribution < 1.29 is 18.7 Å². The number of amides is 2. The summed E-state index contributed by atoms with van der Waals surface area (Å²) in [6.07, 6.45) is 0.882. The second-order valence-corrected chi connectivity index (χ2v) is 4.96. The topological polar surface area (TPSA) is 58.6 Å². The minimum Gasteiger partial charge on any atom is -0.450 e. The lowest BCUT2D eigenvalue weighted by Gasteiger charge is -2.30. The van der Waals surface area contributed by atoms with Crippen LogP contribution in [0.4, 0.5) is 14.9 Å². The molecule has 0 saturated carbocycles. The van der Waals surface area contributed by atoms with Crippen LogP contribution in [0.25, 0.3) is 0 Å². The Hall–Kier alpha value is -2.11. The third-order valence-corrected chi connectivity index (χ3v) is 3.50. The summed E-state index contributed by atoms with van der Waals surface area (Å²) < 4.78 is 17.7. The molecule has 6 heteroatoms. The highest BCUT2D eigenvalue weighted by Gasteiger charge is 2.27. The number of halogens is 1. The highest BCUT2D eigenvalue weighted by molar-refractivity contribution is 5.92. The third-order valence-electron chi connectivity index (χ3n) is 3.50. The molecule has 0 aromatic heterocycles. The Morgan fingerprint density at radius 1 is 1.29 bits per heavy atom. The van der Waals surface area contributed by atoms with E-state index in [9.17, 15) is 14.0 Å². The molecule has 0 atom stereocenters. The van der Waals surface area contributed by atoms with Crippen LogP contribution in [0.2, 0.25) is 0 Å². The molecule has 0 spiro atoms. The van der Waals surface area contributed by atoms with Crippen molar-refractivity contribution in [1.29, 1.82) is 0 Å². The number of rotatable bonds is 3. The first kappa shape index (κ1) is 15.3. The fraction of sp³-hybridized carbons (Fsp3) is 0.467. The minimum absolute atomic E-state index is 0.0925. The lowest BCUT2D eigenvalue weighted by atomic mass is 9.96. The van der Waals surface area contributed by atoms with Crippen LogP contribution in [-0.4, -0.2) is 36.6 Å². The predicted octanol–water partition coefficient (Wildman–Crippen LogP) is 2.63. The van der Waals surface area contributed by atoms with E-state index in [4.69, 9.17) is 4.74 Å². The maximum absolute atomic E-state index is 12.8. The average molecular weight is 294 g/mol. The summed E-state index contributed by atoms with van der Waals surface area (Å²) >= 11 is 0. The fourth-order valence-corrected chi connectivity index (χ4v) is 2.32. The Bertz CT molecular complexity index is 496. The van der Waals surface area contributed by atoms with Crippen molar-refractivity contribution in [3.8, 4) is 0 Å². The quantitative estimate of drug-likeness (QED) is 0.932. The van der Waals surface area contributed by atoms with Crippen molar-refractivity contribution in [3.63, 3.8) is 0 Å². The number of carbonyl (C=O) groups is 2. The second kappa shape index (κ2) is 7.06. The molecule has 1 fully saturated rings.